The second-order valence-corrected chi connectivity index (χ2v) is 23.8. The van der Waals surface area contributed by atoms with E-state index in [1.165, 1.54) is 55.5 Å². The zero-order chi connectivity index (χ0) is 62.5. The van der Waals surface area contributed by atoms with Crippen molar-refractivity contribution in [1.82, 2.24) is 29.1 Å². The van der Waals surface area contributed by atoms with E-state index >= 15 is 0 Å². The first-order valence-electron chi connectivity index (χ1n) is 27.4. The number of esters is 1. The number of para-hydroxylation sites is 2. The molecule has 4 fully saturated rings. The average Bonchev–Trinajstić information content (AvgIpc) is 1.70. The topological polar surface area (TPSA) is 371 Å². The van der Waals surface area contributed by atoms with Crippen LogP contribution in [0.2, 0.25) is 10.0 Å². The number of imidazole rings is 1. The number of hydrogen-bond acceptors (Lipinski definition) is 25. The highest BCUT2D eigenvalue weighted by Crippen LogP contribution is 2.56. The van der Waals surface area contributed by atoms with Crippen LogP contribution in [0.15, 0.2) is 107 Å². The Bertz CT molecular complexity index is 3660. The molecule has 1 amide bonds. The van der Waals surface area contributed by atoms with Crippen molar-refractivity contribution >= 4 is 73.7 Å². The minimum atomic E-state index is -4.68. The van der Waals surface area contributed by atoms with Crippen molar-refractivity contribution in [3.63, 3.8) is 0 Å². The third kappa shape index (κ3) is 15.7. The van der Waals surface area contributed by atoms with Gasteiger partial charge in [0.15, 0.2) is 42.0 Å². The van der Waals surface area contributed by atoms with Gasteiger partial charge in [-0.15, -0.1) is 0 Å². The molecule has 0 aliphatic carbocycles. The monoisotopic (exact) mass is 1300 g/mol. The van der Waals surface area contributed by atoms with Gasteiger partial charge in [-0.25, -0.2) is 24.3 Å². The first kappa shape index (κ1) is 65.5. The number of rotatable bonds is 25. The summed E-state index contributed by atoms with van der Waals surface area (Å²) in [6.45, 7) is 0.652. The fourth-order valence-corrected chi connectivity index (χ4v) is 12.8. The number of carbonyl (C=O) groups is 3. The maximum absolute atomic E-state index is 14.5. The quantitative estimate of drug-likeness (QED) is 0.0273. The fourth-order valence-electron chi connectivity index (χ4n) is 9.53. The number of carbonyl (C=O) groups excluding carboxylic acids is 3. The zero-order valence-electron chi connectivity index (χ0n) is 47.0. The first-order chi connectivity index (χ1) is 42.4. The summed E-state index contributed by atoms with van der Waals surface area (Å²) in [5, 5.41) is 31.4. The summed E-state index contributed by atoms with van der Waals surface area (Å²) < 4.78 is 100. The third-order valence-electron chi connectivity index (χ3n) is 13.9. The van der Waals surface area contributed by atoms with Gasteiger partial charge in [0.1, 0.15) is 66.5 Å². The van der Waals surface area contributed by atoms with Crippen molar-refractivity contribution in [3.8, 4) is 23.3 Å². The molecular weight excluding hydrogens is 1240 g/mol. The second kappa shape index (κ2) is 30.0. The highest BCUT2D eigenvalue weighted by molar-refractivity contribution is 7.49. The number of nitriles is 1. The van der Waals surface area contributed by atoms with E-state index in [2.05, 4.69) is 25.3 Å². The molecule has 4 unspecified atom stereocenters. The minimum Gasteiger partial charge on any atom is -0.497 e. The third-order valence-corrected chi connectivity index (χ3v) is 17.6. The number of anilines is 1. The Morgan fingerprint density at radius 2 is 1.59 bits per heavy atom. The number of nitrogens with one attached hydrogen (secondary N) is 2. The molecule has 470 valence electrons. The molecule has 6 aromatic rings. The molecule has 4 aliphatic rings. The lowest BCUT2D eigenvalue weighted by atomic mass is 10.1. The molecule has 0 saturated carbocycles. The summed E-state index contributed by atoms with van der Waals surface area (Å²) in [6, 6.07) is 21.9. The van der Waals surface area contributed by atoms with Crippen molar-refractivity contribution < 1.29 is 89.7 Å². The van der Waals surface area contributed by atoms with E-state index in [1.54, 1.807) is 48.5 Å². The van der Waals surface area contributed by atoms with Gasteiger partial charge >= 0.3 is 19.5 Å². The van der Waals surface area contributed by atoms with Gasteiger partial charge < -0.3 is 67.3 Å². The van der Waals surface area contributed by atoms with Crippen LogP contribution in [0.3, 0.4) is 0 Å². The molecular formula is C55H60Cl2N8O21P2. The molecule has 88 heavy (non-hydrogen) atoms. The number of fused-ring (bicyclic) bond motifs is 1. The summed E-state index contributed by atoms with van der Waals surface area (Å²) in [5.41, 5.74) is -0.740. The van der Waals surface area contributed by atoms with Crippen LogP contribution in [0.1, 0.15) is 74.7 Å². The van der Waals surface area contributed by atoms with Crippen molar-refractivity contribution in [1.29, 1.82) is 5.26 Å². The lowest BCUT2D eigenvalue weighted by Gasteiger charge is -2.33. The average molecular weight is 1300 g/mol. The molecule has 4 N–H and O–H groups in total. The molecule has 3 aromatic heterocycles. The predicted molar refractivity (Wildman–Crippen MR) is 308 cm³/mol. The molecule has 3 aromatic carbocycles. The summed E-state index contributed by atoms with van der Waals surface area (Å²) in [7, 11) is -6.64. The Balaban J connectivity index is 0.000000243. The highest BCUT2D eigenvalue weighted by atomic mass is 35.5. The van der Waals surface area contributed by atoms with Crippen LogP contribution >= 0.6 is 39.1 Å². The van der Waals surface area contributed by atoms with Crippen LogP contribution in [0, 0.1) is 11.3 Å². The normalized spacial score (nSPS) is 25.0. The van der Waals surface area contributed by atoms with E-state index < -0.39 is 113 Å². The van der Waals surface area contributed by atoms with Gasteiger partial charge in [0, 0.05) is 50.3 Å². The van der Waals surface area contributed by atoms with E-state index in [4.69, 9.17) is 79.2 Å². The number of phosphoric ester groups is 1. The van der Waals surface area contributed by atoms with E-state index in [0.717, 1.165) is 16.8 Å². The molecule has 0 spiro atoms. The standard InChI is InChI=1S/C36H38ClN6O12P.C19H22ClN2O9P/c1-22(44)10-15-28(45)50-19-27-31(55-56(47,51-18-6-16-38)54-26-8-4-3-7-25(26)37)32(53-29-9-5-17-49-29)36(52-27)43-21-41-30-33(39-20-40-34(30)43)42-35(46)23-11-13-24(48-2)14-12-23;20-11-4-1-2-5-12(11)31-32(27)19(26)13(10-23)29-17(16(19)30-15-6-3-9-28-15)22-8-7-14(24)21-18(22)25/h3-4,7-8,11-14,20-21,27,29,31-32,36H,5-6,9-10,15,17-19H2,1-2H3,(H,39,40,42,46);1-2,4-5,7-8,13,15-17,23,26,32H,3,6,9-10H2,(H,21,24,25)/t27-,29?,31-,32-,36-,56?;13-,15?,16+,17-,19+/m11/s1. The van der Waals surface area contributed by atoms with Crippen molar-refractivity contribution in [3.05, 3.63) is 134 Å². The number of amides is 1. The van der Waals surface area contributed by atoms with E-state index in [-0.39, 0.29) is 70.2 Å². The minimum absolute atomic E-state index is 0.0322. The molecule has 4 aliphatic heterocycles. The smallest absolute Gasteiger partial charge is 0.497 e. The Morgan fingerprint density at radius 3 is 2.23 bits per heavy atom. The van der Waals surface area contributed by atoms with E-state index in [0.29, 0.717) is 50.2 Å². The lowest BCUT2D eigenvalue weighted by molar-refractivity contribution is -0.188. The Hall–Kier alpha value is -6.97. The van der Waals surface area contributed by atoms with Crippen molar-refractivity contribution in [2.75, 3.05) is 45.5 Å². The number of methoxy groups -OCH3 is 1. The molecule has 0 radical (unpaired) electrons. The van der Waals surface area contributed by atoms with Crippen molar-refractivity contribution in [2.24, 2.45) is 0 Å². The SMILES string of the molecule is COc1ccc(C(=O)Nc2ncnc3c2ncn3[C@@H]2O[C@H](COC(=O)CCC(C)=O)[C@@H](OP(=O)(OCCC#N)Oc3ccccc3Cl)[C@H]2OC2CCCO2)cc1.O=c1ccn([C@@H]2O[C@H](CO)[C@](O)([PH](=O)Oc3ccccc3Cl)[C@H]2OC2CCCO2)c(=O)[nH]1. The number of hydrogen-bond donors (Lipinski definition) is 4. The number of H-pyrrole nitrogens is 1. The zero-order valence-corrected chi connectivity index (χ0v) is 50.4. The van der Waals surface area contributed by atoms with Gasteiger partial charge in [0.05, 0.1) is 55.6 Å². The molecule has 10 rings (SSSR count). The van der Waals surface area contributed by atoms with Crippen LogP contribution in [0.25, 0.3) is 11.2 Å². The first-order valence-corrected chi connectivity index (χ1v) is 30.9. The highest BCUT2D eigenvalue weighted by Gasteiger charge is 2.63. The van der Waals surface area contributed by atoms with Crippen molar-refractivity contribution in [2.45, 2.75) is 113 Å². The largest absolute Gasteiger partial charge is 0.530 e. The number of nitrogens with zero attached hydrogens (tertiary/aromatic N) is 6. The molecule has 4 saturated heterocycles. The maximum atomic E-state index is 14.5. The Kier molecular flexibility index (Phi) is 22.3. The Morgan fingerprint density at radius 1 is 0.898 bits per heavy atom. The number of ketones is 1. The number of phosphoric acid groups is 1. The fraction of sp³-hybridized carbons (Fsp3) is 0.436. The van der Waals surface area contributed by atoms with E-state index in [9.17, 15) is 48.6 Å². The molecule has 12 atom stereocenters. The number of aromatic nitrogens is 6. The molecule has 29 nitrogen and oxygen atoms in total. The Labute approximate surface area is 511 Å². The predicted octanol–water partition coefficient (Wildman–Crippen LogP) is 6.42. The van der Waals surface area contributed by atoms with Gasteiger partial charge in [0.25, 0.3) is 19.5 Å². The number of Topliss-reactive ketones (excluding diaryl/α,β-unsaturated/α-hetero) is 1. The lowest BCUT2D eigenvalue weighted by Crippen LogP contribution is -2.50. The number of aromatic amines is 1. The number of benzene rings is 3. The van der Waals surface area contributed by atoms with Gasteiger partial charge in [-0.1, -0.05) is 47.5 Å². The number of ether oxygens (including phenoxy) is 8. The van der Waals surface area contributed by atoms with Gasteiger partial charge in [-0.05, 0) is 68.3 Å². The molecule has 33 heteroatoms. The van der Waals surface area contributed by atoms with Crippen LogP contribution in [0.4, 0.5) is 5.82 Å². The van der Waals surface area contributed by atoms with Gasteiger partial charge in [-0.2, -0.15) is 5.26 Å². The molecule has 0 bridgehead atoms. The summed E-state index contributed by atoms with van der Waals surface area (Å²) in [5.74, 6) is -0.666. The number of aliphatic hydroxyl groups is 2. The van der Waals surface area contributed by atoms with Crippen LogP contribution < -0.4 is 30.4 Å². The van der Waals surface area contributed by atoms with Crippen LogP contribution in [-0.2, 0) is 60.9 Å². The second-order valence-electron chi connectivity index (χ2n) is 19.9. The summed E-state index contributed by atoms with van der Waals surface area (Å²) >= 11 is 12.4. The number of halogens is 2. The maximum Gasteiger partial charge on any atom is 0.530 e. The van der Waals surface area contributed by atoms with E-state index in [1.807, 2.05) is 6.07 Å². The molecule has 7 heterocycles. The number of aliphatic hydroxyl groups excluding tert-OH is 1. The van der Waals surface area contributed by atoms with Crippen LogP contribution in [-0.4, -0.2) is 146 Å². The summed E-state index contributed by atoms with van der Waals surface area (Å²) in [4.78, 5) is 76.6. The summed E-state index contributed by atoms with van der Waals surface area (Å²) in [6.07, 6.45) is -4.87. The van der Waals surface area contributed by atoms with Gasteiger partial charge in [0.2, 0.25) is 5.34 Å². The van der Waals surface area contributed by atoms with Crippen LogP contribution in [0.5, 0.6) is 17.2 Å². The van der Waals surface area contributed by atoms with Gasteiger partial charge in [-0.3, -0.25) is 42.1 Å².